The van der Waals surface area contributed by atoms with E-state index in [0.717, 1.165) is 0 Å². The first-order valence-corrected chi connectivity index (χ1v) is 7.78. The number of nitrogens with zero attached hydrogens (tertiary/aromatic N) is 1. The highest BCUT2D eigenvalue weighted by Gasteiger charge is 2.24. The van der Waals surface area contributed by atoms with Crippen LogP contribution in [-0.4, -0.2) is 30.7 Å². The minimum atomic E-state index is -3.95. The van der Waals surface area contributed by atoms with E-state index >= 15 is 0 Å². The molecule has 1 nitrogen and oxygen atoms in total. The molecule has 1 saturated heterocycles. The Hall–Kier alpha value is -0.250. The molecule has 0 aromatic carbocycles. The second-order valence-electron chi connectivity index (χ2n) is 3.86. The van der Waals surface area contributed by atoms with Gasteiger partial charge in [-0.05, 0) is 38.9 Å². The zero-order valence-electron chi connectivity index (χ0n) is 13.7. The van der Waals surface area contributed by atoms with E-state index in [9.17, 15) is 13.2 Å². The number of likely N-dealkylation sites (tertiary alicyclic amines) is 1. The fourth-order valence-electron chi connectivity index (χ4n) is 1.56. The van der Waals surface area contributed by atoms with Gasteiger partial charge in [-0.1, -0.05) is 48.0 Å². The predicted molar refractivity (Wildman–Crippen MR) is 79.6 cm³/mol. The summed E-state index contributed by atoms with van der Waals surface area (Å²) >= 11 is 0. The van der Waals surface area contributed by atoms with Crippen molar-refractivity contribution in [1.29, 1.82) is 0 Å². The zero-order chi connectivity index (χ0) is 15.7. The van der Waals surface area contributed by atoms with Crippen molar-refractivity contribution in [2.45, 2.75) is 79.8 Å². The van der Waals surface area contributed by atoms with Crippen molar-refractivity contribution in [1.82, 2.24) is 4.90 Å². The van der Waals surface area contributed by atoms with Crippen molar-refractivity contribution >= 4 is 0 Å². The summed E-state index contributed by atoms with van der Waals surface area (Å²) in [4.78, 5) is 2.52. The highest BCUT2D eigenvalue weighted by atomic mass is 19.4. The van der Waals surface area contributed by atoms with Crippen LogP contribution >= 0.6 is 0 Å². The molecule has 0 aliphatic carbocycles. The van der Waals surface area contributed by atoms with Gasteiger partial charge in [0.05, 0.1) is 0 Å². The molecule has 0 bridgehead atoms. The maximum absolute atomic E-state index is 11.1. The molecule has 1 heterocycles. The molecule has 0 N–H and O–H groups in total. The monoisotopic (exact) mass is 285 g/mol. The molecule has 19 heavy (non-hydrogen) atoms. The van der Waals surface area contributed by atoms with Crippen molar-refractivity contribution in [3.05, 3.63) is 0 Å². The first-order chi connectivity index (χ1) is 8.99. The van der Waals surface area contributed by atoms with Gasteiger partial charge in [-0.25, -0.2) is 0 Å². The van der Waals surface area contributed by atoms with Gasteiger partial charge in [0, 0.05) is 6.42 Å². The van der Waals surface area contributed by atoms with Crippen LogP contribution in [0.3, 0.4) is 0 Å². The Morgan fingerprint density at radius 3 is 1.42 bits per heavy atom. The average Bonchev–Trinajstić information content (AvgIpc) is 2.43. The lowest BCUT2D eigenvalue weighted by Crippen LogP contribution is -2.29. The highest BCUT2D eigenvalue weighted by Crippen LogP contribution is 2.20. The van der Waals surface area contributed by atoms with Crippen molar-refractivity contribution in [2.75, 3.05) is 19.6 Å². The predicted octanol–water partition coefficient (Wildman–Crippen LogP) is 5.89. The molecular weight excluding hydrogens is 251 g/mol. The van der Waals surface area contributed by atoms with Crippen LogP contribution in [-0.2, 0) is 0 Å². The lowest BCUT2D eigenvalue weighted by Gasteiger charge is -2.24. The quantitative estimate of drug-likeness (QED) is 0.611. The molecule has 0 saturated carbocycles. The smallest absolute Gasteiger partial charge is 0.304 e. The van der Waals surface area contributed by atoms with Gasteiger partial charge in [0.25, 0.3) is 0 Å². The number of piperidine rings is 1. The molecule has 1 aliphatic rings. The van der Waals surface area contributed by atoms with Crippen molar-refractivity contribution in [3.8, 4) is 0 Å². The Labute approximate surface area is 118 Å². The molecular formula is C15H34F3N. The first-order valence-electron chi connectivity index (χ1n) is 7.78. The molecule has 1 fully saturated rings. The van der Waals surface area contributed by atoms with E-state index in [1.807, 2.05) is 27.7 Å². The summed E-state index contributed by atoms with van der Waals surface area (Å²) in [5.41, 5.74) is 0. The molecule has 1 aliphatic heterocycles. The van der Waals surface area contributed by atoms with Crippen molar-refractivity contribution in [2.24, 2.45) is 0 Å². The van der Waals surface area contributed by atoms with Gasteiger partial charge in [-0.15, -0.1) is 0 Å². The fraction of sp³-hybridized carbons (Fsp3) is 1.00. The van der Waals surface area contributed by atoms with E-state index in [-0.39, 0.29) is 6.42 Å². The van der Waals surface area contributed by atoms with Crippen molar-refractivity contribution < 1.29 is 13.2 Å². The summed E-state index contributed by atoms with van der Waals surface area (Å²) in [6, 6.07) is 0. The zero-order valence-corrected chi connectivity index (χ0v) is 13.7. The standard InChI is InChI=1S/C7H15N.C4H7F3.2C2H6/c1-2-8-6-4-3-5-7-8;1-2-3-4(5,6)7;2*1-2/h2-7H2,1H3;2-3H2,1H3;2*1-2H3. The van der Waals surface area contributed by atoms with Gasteiger partial charge >= 0.3 is 6.18 Å². The van der Waals surface area contributed by atoms with Crippen LogP contribution in [0, 0.1) is 0 Å². The summed E-state index contributed by atoms with van der Waals surface area (Å²) in [5, 5.41) is 0. The maximum atomic E-state index is 11.1. The molecule has 0 aromatic rings. The van der Waals surface area contributed by atoms with Crippen LogP contribution in [0.5, 0.6) is 0 Å². The van der Waals surface area contributed by atoms with Crippen LogP contribution < -0.4 is 0 Å². The van der Waals surface area contributed by atoms with Gasteiger partial charge in [-0.3, -0.25) is 0 Å². The molecule has 0 unspecified atom stereocenters. The summed E-state index contributed by atoms with van der Waals surface area (Å²) in [5.74, 6) is 0. The second kappa shape index (κ2) is 17.8. The van der Waals surface area contributed by atoms with Crippen LogP contribution in [0.4, 0.5) is 13.2 Å². The molecule has 0 amide bonds. The highest BCUT2D eigenvalue weighted by molar-refractivity contribution is 4.61. The second-order valence-corrected chi connectivity index (χ2v) is 3.86. The lowest BCUT2D eigenvalue weighted by molar-refractivity contribution is -0.134. The molecule has 0 aromatic heterocycles. The summed E-state index contributed by atoms with van der Waals surface area (Å²) in [7, 11) is 0. The van der Waals surface area contributed by atoms with Crippen molar-refractivity contribution in [3.63, 3.8) is 0 Å². The topological polar surface area (TPSA) is 3.24 Å². The average molecular weight is 285 g/mol. The SMILES string of the molecule is CC.CC.CCCC(F)(F)F.CCN1CCCCC1. The fourth-order valence-corrected chi connectivity index (χ4v) is 1.56. The number of halogens is 3. The number of rotatable bonds is 2. The normalized spacial score (nSPS) is 15.0. The van der Waals surface area contributed by atoms with Crippen LogP contribution in [0.2, 0.25) is 0 Å². The third-order valence-electron chi connectivity index (χ3n) is 2.43. The number of alkyl halides is 3. The van der Waals surface area contributed by atoms with Gasteiger partial charge in [0.15, 0.2) is 0 Å². The Kier molecular flexibility index (Phi) is 22.2. The third kappa shape index (κ3) is 23.3. The maximum Gasteiger partial charge on any atom is 0.389 e. The minimum Gasteiger partial charge on any atom is -0.304 e. The first kappa shape index (κ1) is 23.8. The minimum absolute atomic E-state index is 0.184. The molecule has 0 spiro atoms. The van der Waals surface area contributed by atoms with E-state index in [1.54, 1.807) is 0 Å². The number of hydrogen-bond donors (Lipinski definition) is 0. The summed E-state index contributed by atoms with van der Waals surface area (Å²) in [6.07, 6.45) is -0.122. The molecule has 0 atom stereocenters. The Morgan fingerprint density at radius 2 is 1.26 bits per heavy atom. The van der Waals surface area contributed by atoms with Gasteiger partial charge < -0.3 is 4.90 Å². The molecule has 4 heteroatoms. The van der Waals surface area contributed by atoms with Crippen LogP contribution in [0.25, 0.3) is 0 Å². The van der Waals surface area contributed by atoms with Gasteiger partial charge in [-0.2, -0.15) is 13.2 Å². The van der Waals surface area contributed by atoms with Gasteiger partial charge in [0.2, 0.25) is 0 Å². The molecule has 1 rings (SSSR count). The van der Waals surface area contributed by atoms with E-state index in [1.165, 1.54) is 45.8 Å². The van der Waals surface area contributed by atoms with E-state index in [0.29, 0.717) is 0 Å². The Bertz CT molecular complexity index is 141. The number of hydrogen-bond acceptors (Lipinski definition) is 1. The lowest BCUT2D eigenvalue weighted by atomic mass is 10.1. The van der Waals surface area contributed by atoms with E-state index in [4.69, 9.17) is 0 Å². The van der Waals surface area contributed by atoms with E-state index < -0.39 is 12.6 Å². The van der Waals surface area contributed by atoms with Crippen LogP contribution in [0.1, 0.15) is 73.6 Å². The van der Waals surface area contributed by atoms with Gasteiger partial charge in [0.1, 0.15) is 0 Å². The largest absolute Gasteiger partial charge is 0.389 e. The third-order valence-corrected chi connectivity index (χ3v) is 2.43. The Balaban J connectivity index is -0.000000215. The summed E-state index contributed by atoms with van der Waals surface area (Å²) < 4.78 is 33.2. The van der Waals surface area contributed by atoms with Crippen LogP contribution in [0.15, 0.2) is 0 Å². The molecule has 0 radical (unpaired) electrons. The summed E-state index contributed by atoms with van der Waals surface area (Å²) in [6.45, 7) is 15.7. The Morgan fingerprint density at radius 1 is 0.842 bits per heavy atom. The van der Waals surface area contributed by atoms with E-state index in [2.05, 4.69) is 11.8 Å². The molecule has 120 valence electrons.